The van der Waals surface area contributed by atoms with Gasteiger partial charge < -0.3 is 14.6 Å². The highest BCUT2D eigenvalue weighted by molar-refractivity contribution is 6.08. The van der Waals surface area contributed by atoms with Gasteiger partial charge >= 0.3 is 0 Å². The normalized spacial score (nSPS) is 15.1. The number of carbonyl (C=O) groups excluding carboxylic acids is 2. The molecule has 3 aromatic rings. The van der Waals surface area contributed by atoms with Gasteiger partial charge in [0.25, 0.3) is 0 Å². The number of anilines is 1. The molecule has 0 radical (unpaired) electrons. The molecule has 5 heteroatoms. The van der Waals surface area contributed by atoms with Crippen molar-refractivity contribution in [2.75, 3.05) is 11.9 Å². The Morgan fingerprint density at radius 2 is 1.79 bits per heavy atom. The van der Waals surface area contributed by atoms with Gasteiger partial charge in [-0.25, -0.2) is 0 Å². The topological polar surface area (TPSA) is 60.3 Å². The van der Waals surface area contributed by atoms with Gasteiger partial charge in [-0.2, -0.15) is 0 Å². The zero-order chi connectivity index (χ0) is 19.5. The van der Waals surface area contributed by atoms with Gasteiger partial charge in [0.05, 0.1) is 18.2 Å². The van der Waals surface area contributed by atoms with Crippen molar-refractivity contribution >= 4 is 17.4 Å². The summed E-state index contributed by atoms with van der Waals surface area (Å²) in [5.74, 6) is 0.447. The zero-order valence-corrected chi connectivity index (χ0v) is 15.7. The molecule has 2 heterocycles. The first-order valence-corrected chi connectivity index (χ1v) is 9.50. The molecule has 28 heavy (non-hydrogen) atoms. The van der Waals surface area contributed by atoms with E-state index in [-0.39, 0.29) is 17.6 Å². The molecule has 5 nitrogen and oxygen atoms in total. The number of benzene rings is 2. The average Bonchev–Trinajstić information content (AvgIpc) is 3.32. The second-order valence-electron chi connectivity index (χ2n) is 6.78. The van der Waals surface area contributed by atoms with E-state index >= 15 is 0 Å². The summed E-state index contributed by atoms with van der Waals surface area (Å²) < 4.78 is 7.40. The van der Waals surface area contributed by atoms with Crippen LogP contribution in [0.4, 0.5) is 5.69 Å². The van der Waals surface area contributed by atoms with Crippen molar-refractivity contribution in [2.24, 2.45) is 0 Å². The van der Waals surface area contributed by atoms with Gasteiger partial charge in [0.2, 0.25) is 11.7 Å². The number of hydrogen-bond donors (Lipinski definition) is 1. The van der Waals surface area contributed by atoms with Gasteiger partial charge in [0.15, 0.2) is 0 Å². The first-order chi connectivity index (χ1) is 13.7. The molecule has 2 aromatic carbocycles. The predicted molar refractivity (Wildman–Crippen MR) is 108 cm³/mol. The fourth-order valence-electron chi connectivity index (χ4n) is 3.67. The number of carbonyl (C=O) groups is 2. The van der Waals surface area contributed by atoms with E-state index in [1.54, 1.807) is 0 Å². The summed E-state index contributed by atoms with van der Waals surface area (Å²) >= 11 is 0. The SMILES string of the molecule is CCOc1ccc(NC(=O)C2CCn3c(C(=O)c4ccccc4)ccc32)cc1. The van der Waals surface area contributed by atoms with Crippen LogP contribution in [0.25, 0.3) is 0 Å². The Morgan fingerprint density at radius 3 is 2.50 bits per heavy atom. The molecule has 1 amide bonds. The quantitative estimate of drug-likeness (QED) is 0.657. The number of nitrogens with one attached hydrogen (secondary N) is 1. The molecular formula is C23H22N2O3. The highest BCUT2D eigenvalue weighted by Gasteiger charge is 2.32. The number of ketones is 1. The van der Waals surface area contributed by atoms with Crippen LogP contribution < -0.4 is 10.1 Å². The number of amides is 1. The monoisotopic (exact) mass is 374 g/mol. The van der Waals surface area contributed by atoms with Crippen LogP contribution in [0.3, 0.4) is 0 Å². The number of fused-ring (bicyclic) bond motifs is 1. The Bertz CT molecular complexity index is 990. The maximum Gasteiger partial charge on any atom is 0.233 e. The minimum atomic E-state index is -0.260. The van der Waals surface area contributed by atoms with Crippen LogP contribution >= 0.6 is 0 Å². The molecule has 0 spiro atoms. The van der Waals surface area contributed by atoms with Crippen molar-refractivity contribution < 1.29 is 14.3 Å². The highest BCUT2D eigenvalue weighted by Crippen LogP contribution is 2.32. The first kappa shape index (κ1) is 18.0. The molecule has 1 aliphatic heterocycles. The van der Waals surface area contributed by atoms with Gasteiger partial charge in [-0.15, -0.1) is 0 Å². The molecule has 1 atom stereocenters. The van der Waals surface area contributed by atoms with Crippen molar-refractivity contribution in [1.29, 1.82) is 0 Å². The Hall–Kier alpha value is -3.34. The van der Waals surface area contributed by atoms with Crippen LogP contribution in [0.1, 0.15) is 41.0 Å². The van der Waals surface area contributed by atoms with E-state index in [0.29, 0.717) is 30.8 Å². The summed E-state index contributed by atoms with van der Waals surface area (Å²) in [5.41, 5.74) is 2.92. The average molecular weight is 374 g/mol. The van der Waals surface area contributed by atoms with Crippen molar-refractivity contribution in [1.82, 2.24) is 4.57 Å². The molecule has 0 bridgehead atoms. The lowest BCUT2D eigenvalue weighted by atomic mass is 10.0. The van der Waals surface area contributed by atoms with Crippen molar-refractivity contribution in [3.8, 4) is 5.75 Å². The first-order valence-electron chi connectivity index (χ1n) is 9.50. The fraction of sp³-hybridized carbons (Fsp3) is 0.217. The number of rotatable bonds is 6. The fourth-order valence-corrected chi connectivity index (χ4v) is 3.67. The van der Waals surface area contributed by atoms with Gasteiger partial charge in [0.1, 0.15) is 5.75 Å². The molecule has 142 valence electrons. The number of aromatic nitrogens is 1. The molecule has 1 aromatic heterocycles. The largest absolute Gasteiger partial charge is 0.494 e. The van der Waals surface area contributed by atoms with Gasteiger partial charge in [-0.05, 0) is 49.7 Å². The van der Waals surface area contributed by atoms with Crippen molar-refractivity contribution in [3.63, 3.8) is 0 Å². The molecular weight excluding hydrogens is 352 g/mol. The Kier molecular flexibility index (Phi) is 4.98. The molecule has 4 rings (SSSR count). The van der Waals surface area contributed by atoms with Crippen molar-refractivity contribution in [2.45, 2.75) is 25.8 Å². The van der Waals surface area contributed by atoms with Gasteiger partial charge in [0, 0.05) is 23.5 Å². The standard InChI is InChI=1S/C23H22N2O3/c1-2-28-18-10-8-17(9-11-18)24-23(27)19-14-15-25-20(19)12-13-21(25)22(26)16-6-4-3-5-7-16/h3-13,19H,2,14-15H2,1H3,(H,24,27). The van der Waals surface area contributed by atoms with E-state index in [1.807, 2.05) is 78.2 Å². The molecule has 0 aliphatic carbocycles. The van der Waals surface area contributed by atoms with E-state index in [0.717, 1.165) is 17.1 Å². The lowest BCUT2D eigenvalue weighted by Gasteiger charge is -2.11. The van der Waals surface area contributed by atoms with Crippen LogP contribution in [-0.2, 0) is 11.3 Å². The molecule has 0 saturated carbocycles. The second kappa shape index (κ2) is 7.72. The smallest absolute Gasteiger partial charge is 0.233 e. The molecule has 0 saturated heterocycles. The summed E-state index contributed by atoms with van der Waals surface area (Å²) in [5, 5.41) is 2.97. The Morgan fingerprint density at radius 1 is 1.04 bits per heavy atom. The molecule has 0 fully saturated rings. The zero-order valence-electron chi connectivity index (χ0n) is 15.7. The van der Waals surface area contributed by atoms with E-state index in [9.17, 15) is 9.59 Å². The van der Waals surface area contributed by atoms with E-state index in [1.165, 1.54) is 0 Å². The van der Waals surface area contributed by atoms with Gasteiger partial charge in [-0.3, -0.25) is 9.59 Å². The minimum Gasteiger partial charge on any atom is -0.494 e. The lowest BCUT2D eigenvalue weighted by molar-refractivity contribution is -0.117. The third-order valence-electron chi connectivity index (χ3n) is 5.03. The molecule has 1 aliphatic rings. The van der Waals surface area contributed by atoms with E-state index < -0.39 is 0 Å². The maximum atomic E-state index is 12.8. The Balaban J connectivity index is 1.50. The summed E-state index contributed by atoms with van der Waals surface area (Å²) in [6, 6.07) is 20.3. The maximum absolute atomic E-state index is 12.8. The summed E-state index contributed by atoms with van der Waals surface area (Å²) in [6.07, 6.45) is 0.689. The van der Waals surface area contributed by atoms with Crippen LogP contribution in [0.2, 0.25) is 0 Å². The van der Waals surface area contributed by atoms with Crippen LogP contribution in [0.15, 0.2) is 66.7 Å². The third kappa shape index (κ3) is 3.43. The van der Waals surface area contributed by atoms with Crippen LogP contribution in [0, 0.1) is 0 Å². The van der Waals surface area contributed by atoms with Gasteiger partial charge in [-0.1, -0.05) is 30.3 Å². The Labute approximate surface area is 163 Å². The van der Waals surface area contributed by atoms with E-state index in [4.69, 9.17) is 4.74 Å². The lowest BCUT2D eigenvalue weighted by Crippen LogP contribution is -2.19. The summed E-state index contributed by atoms with van der Waals surface area (Å²) in [4.78, 5) is 25.6. The molecule has 1 unspecified atom stereocenters. The molecule has 1 N–H and O–H groups in total. The van der Waals surface area contributed by atoms with Crippen LogP contribution in [0.5, 0.6) is 5.75 Å². The third-order valence-corrected chi connectivity index (χ3v) is 5.03. The number of ether oxygens (including phenoxy) is 1. The highest BCUT2D eigenvalue weighted by atomic mass is 16.5. The summed E-state index contributed by atoms with van der Waals surface area (Å²) in [6.45, 7) is 3.20. The summed E-state index contributed by atoms with van der Waals surface area (Å²) in [7, 11) is 0. The number of nitrogens with zero attached hydrogens (tertiary/aromatic N) is 1. The predicted octanol–water partition coefficient (Wildman–Crippen LogP) is 4.24. The minimum absolute atomic E-state index is 0.0144. The number of hydrogen-bond acceptors (Lipinski definition) is 3. The second-order valence-corrected chi connectivity index (χ2v) is 6.78. The van der Waals surface area contributed by atoms with E-state index in [2.05, 4.69) is 5.32 Å². The van der Waals surface area contributed by atoms with Crippen LogP contribution in [-0.4, -0.2) is 22.9 Å². The van der Waals surface area contributed by atoms with Crippen molar-refractivity contribution in [3.05, 3.63) is 83.7 Å².